The van der Waals surface area contributed by atoms with E-state index in [1.54, 1.807) is 12.1 Å². The van der Waals surface area contributed by atoms with Crippen molar-refractivity contribution in [2.45, 2.75) is 64.3 Å². The quantitative estimate of drug-likeness (QED) is 0.517. The predicted molar refractivity (Wildman–Crippen MR) is 118 cm³/mol. The van der Waals surface area contributed by atoms with E-state index in [9.17, 15) is 8.78 Å². The van der Waals surface area contributed by atoms with Gasteiger partial charge < -0.3 is 9.64 Å². The molecule has 174 valence electrons. The molecule has 2 fully saturated rings. The molecule has 0 saturated carbocycles. The lowest BCUT2D eigenvalue weighted by atomic mass is 9.87. The number of ether oxygens (including phenoxy) is 1. The van der Waals surface area contributed by atoms with Gasteiger partial charge in [-0.15, -0.1) is 0 Å². The van der Waals surface area contributed by atoms with Crippen LogP contribution in [0.3, 0.4) is 0 Å². The molecule has 2 aromatic rings. The highest BCUT2D eigenvalue weighted by molar-refractivity contribution is 5.46. The first-order valence-corrected chi connectivity index (χ1v) is 11.6. The second kappa shape index (κ2) is 9.77. The number of benzene rings is 1. The van der Waals surface area contributed by atoms with Crippen LogP contribution in [0, 0.1) is 17.7 Å². The van der Waals surface area contributed by atoms with Crippen LogP contribution >= 0.6 is 0 Å². The normalized spacial score (nSPS) is 21.2. The largest absolute Gasteiger partial charge is 0.381 e. The first-order chi connectivity index (χ1) is 15.3. The maximum Gasteiger partial charge on any atom is 0.270 e. The van der Waals surface area contributed by atoms with Gasteiger partial charge in [-0.25, -0.2) is 23.1 Å². The van der Waals surface area contributed by atoms with Gasteiger partial charge in [0.15, 0.2) is 11.6 Å². The molecule has 1 aromatic heterocycles. The third-order valence-electron chi connectivity index (χ3n) is 6.79. The molecule has 7 heteroatoms. The summed E-state index contributed by atoms with van der Waals surface area (Å²) in [4.78, 5) is 10.5. The van der Waals surface area contributed by atoms with Crippen molar-refractivity contribution in [2.24, 2.45) is 11.8 Å². The summed E-state index contributed by atoms with van der Waals surface area (Å²) in [6, 6.07) is 6.31. The minimum absolute atomic E-state index is 0.0141. The number of rotatable bonds is 7. The van der Waals surface area contributed by atoms with Gasteiger partial charge in [-0.05, 0) is 55.9 Å². The van der Waals surface area contributed by atoms with Crippen molar-refractivity contribution in [3.8, 4) is 0 Å². The molecular weight excluding hydrogens is 415 g/mol. The molecular formula is C25H32F3N3O. The Morgan fingerprint density at radius 1 is 1.12 bits per heavy atom. The molecule has 0 N–H and O–H groups in total. The molecule has 0 radical (unpaired) electrons. The standard InChI is InChI=1S/C25H32F3N3O/c1-17(14-18-9-12-32-13-10-18)15-21-23(26)24(30-16-29-21)31-11-3-4-22(31)19-5-7-20(8-6-19)25(2,27)28/h5-8,16-18,22H,3-4,9-15H2,1-2H3. The Balaban J connectivity index is 1.49. The molecule has 2 atom stereocenters. The van der Waals surface area contributed by atoms with Gasteiger partial charge in [-0.1, -0.05) is 31.2 Å². The van der Waals surface area contributed by atoms with Crippen molar-refractivity contribution in [1.82, 2.24) is 9.97 Å². The summed E-state index contributed by atoms with van der Waals surface area (Å²) in [6.45, 7) is 5.36. The first kappa shape index (κ1) is 23.0. The minimum Gasteiger partial charge on any atom is -0.381 e. The summed E-state index contributed by atoms with van der Waals surface area (Å²) in [5.41, 5.74) is 1.35. The summed E-state index contributed by atoms with van der Waals surface area (Å²) in [5.74, 6) is -1.95. The van der Waals surface area contributed by atoms with E-state index in [2.05, 4.69) is 16.9 Å². The van der Waals surface area contributed by atoms with Gasteiger partial charge in [0.25, 0.3) is 5.92 Å². The monoisotopic (exact) mass is 447 g/mol. The van der Waals surface area contributed by atoms with Crippen molar-refractivity contribution in [2.75, 3.05) is 24.7 Å². The smallest absolute Gasteiger partial charge is 0.270 e. The Labute approximate surface area is 188 Å². The predicted octanol–water partition coefficient (Wildman–Crippen LogP) is 6.06. The van der Waals surface area contributed by atoms with Crippen LogP contribution in [0.1, 0.15) is 68.8 Å². The average Bonchev–Trinajstić information content (AvgIpc) is 3.25. The fraction of sp³-hybridized carbons (Fsp3) is 0.600. The number of aromatic nitrogens is 2. The number of anilines is 1. The number of hydrogen-bond acceptors (Lipinski definition) is 4. The summed E-state index contributed by atoms with van der Waals surface area (Å²) in [7, 11) is 0. The molecule has 32 heavy (non-hydrogen) atoms. The third-order valence-corrected chi connectivity index (χ3v) is 6.79. The Kier molecular flexibility index (Phi) is 7.03. The molecule has 3 heterocycles. The zero-order valence-electron chi connectivity index (χ0n) is 18.9. The van der Waals surface area contributed by atoms with Crippen LogP contribution < -0.4 is 4.90 Å². The second-order valence-corrected chi connectivity index (χ2v) is 9.42. The van der Waals surface area contributed by atoms with Gasteiger partial charge in [0, 0.05) is 32.2 Å². The van der Waals surface area contributed by atoms with E-state index in [1.165, 1.54) is 18.5 Å². The molecule has 2 aliphatic rings. The number of hydrogen-bond donors (Lipinski definition) is 0. The van der Waals surface area contributed by atoms with Crippen LogP contribution in [-0.4, -0.2) is 29.7 Å². The molecule has 1 aromatic carbocycles. The van der Waals surface area contributed by atoms with Gasteiger partial charge in [0.1, 0.15) is 6.33 Å². The molecule has 0 bridgehead atoms. The van der Waals surface area contributed by atoms with Gasteiger partial charge in [-0.3, -0.25) is 0 Å². The third kappa shape index (κ3) is 5.25. The first-order valence-electron chi connectivity index (χ1n) is 11.6. The van der Waals surface area contributed by atoms with Crippen molar-refractivity contribution >= 4 is 5.82 Å². The van der Waals surface area contributed by atoms with E-state index in [0.29, 0.717) is 36.3 Å². The average molecular weight is 448 g/mol. The lowest BCUT2D eigenvalue weighted by Crippen LogP contribution is -2.26. The number of halogens is 3. The van der Waals surface area contributed by atoms with Crippen LogP contribution in [0.15, 0.2) is 30.6 Å². The van der Waals surface area contributed by atoms with Crippen molar-refractivity contribution < 1.29 is 17.9 Å². The lowest BCUT2D eigenvalue weighted by Gasteiger charge is -2.28. The molecule has 0 amide bonds. The van der Waals surface area contributed by atoms with Crippen LogP contribution in [0.2, 0.25) is 0 Å². The topological polar surface area (TPSA) is 38.2 Å². The zero-order chi connectivity index (χ0) is 22.7. The van der Waals surface area contributed by atoms with Crippen LogP contribution in [0.25, 0.3) is 0 Å². The zero-order valence-corrected chi connectivity index (χ0v) is 18.9. The van der Waals surface area contributed by atoms with Gasteiger partial charge in [0.05, 0.1) is 11.7 Å². The molecule has 4 rings (SSSR count). The summed E-state index contributed by atoms with van der Waals surface area (Å²) in [6.07, 6.45) is 6.95. The Bertz CT molecular complexity index is 894. The maximum absolute atomic E-state index is 15.5. The summed E-state index contributed by atoms with van der Waals surface area (Å²) >= 11 is 0. The molecule has 2 unspecified atom stereocenters. The highest BCUT2D eigenvalue weighted by Crippen LogP contribution is 2.38. The number of alkyl halides is 2. The SMILES string of the molecule is CC(Cc1ncnc(N2CCCC2c2ccc(C(C)(F)F)cc2)c1F)CC1CCOCC1. The lowest BCUT2D eigenvalue weighted by molar-refractivity contribution is 0.0174. The van der Waals surface area contributed by atoms with Gasteiger partial charge in [-0.2, -0.15) is 0 Å². The van der Waals surface area contributed by atoms with Gasteiger partial charge in [0.2, 0.25) is 0 Å². The van der Waals surface area contributed by atoms with E-state index >= 15 is 4.39 Å². The maximum atomic E-state index is 15.5. The minimum atomic E-state index is -2.87. The summed E-state index contributed by atoms with van der Waals surface area (Å²) in [5, 5.41) is 0. The Morgan fingerprint density at radius 2 is 1.84 bits per heavy atom. The van der Waals surface area contributed by atoms with E-state index < -0.39 is 5.92 Å². The van der Waals surface area contributed by atoms with E-state index in [4.69, 9.17) is 4.74 Å². The van der Waals surface area contributed by atoms with Crippen molar-refractivity contribution in [3.05, 3.63) is 53.2 Å². The molecule has 2 saturated heterocycles. The van der Waals surface area contributed by atoms with Crippen LogP contribution in [0.5, 0.6) is 0 Å². The highest BCUT2D eigenvalue weighted by atomic mass is 19.3. The van der Waals surface area contributed by atoms with Crippen LogP contribution in [0.4, 0.5) is 19.0 Å². The fourth-order valence-electron chi connectivity index (χ4n) is 5.07. The molecule has 4 nitrogen and oxygen atoms in total. The van der Waals surface area contributed by atoms with E-state index in [1.807, 2.05) is 4.90 Å². The van der Waals surface area contributed by atoms with Crippen molar-refractivity contribution in [3.63, 3.8) is 0 Å². The van der Waals surface area contributed by atoms with Gasteiger partial charge >= 0.3 is 0 Å². The Morgan fingerprint density at radius 3 is 2.53 bits per heavy atom. The number of nitrogens with zero attached hydrogens (tertiary/aromatic N) is 3. The molecule has 2 aliphatic heterocycles. The van der Waals surface area contributed by atoms with Crippen LogP contribution in [-0.2, 0) is 17.1 Å². The summed E-state index contributed by atoms with van der Waals surface area (Å²) < 4.78 is 48.1. The fourth-order valence-corrected chi connectivity index (χ4v) is 5.07. The second-order valence-electron chi connectivity index (χ2n) is 9.42. The van der Waals surface area contributed by atoms with E-state index in [-0.39, 0.29) is 17.4 Å². The molecule has 0 aliphatic carbocycles. The molecule has 0 spiro atoms. The van der Waals surface area contributed by atoms with E-state index in [0.717, 1.165) is 57.8 Å². The highest BCUT2D eigenvalue weighted by Gasteiger charge is 2.31. The Hall–Kier alpha value is -2.15. The van der Waals surface area contributed by atoms with Crippen molar-refractivity contribution in [1.29, 1.82) is 0 Å².